The maximum Gasteiger partial charge on any atom is 0.256 e. The molecular weight excluding hydrogens is 254 g/mol. The van der Waals surface area contributed by atoms with Crippen LogP contribution in [-0.4, -0.2) is 42.6 Å². The van der Waals surface area contributed by atoms with E-state index in [1.165, 1.54) is 12.3 Å². The van der Waals surface area contributed by atoms with E-state index in [0.717, 1.165) is 0 Å². The number of nitrogens with zero attached hydrogens (tertiary/aromatic N) is 2. The van der Waals surface area contributed by atoms with Gasteiger partial charge in [-0.15, -0.1) is 6.58 Å². The van der Waals surface area contributed by atoms with Gasteiger partial charge in [0.25, 0.3) is 5.91 Å². The number of pyridine rings is 1. The molecule has 0 radical (unpaired) electrons. The number of carbonyl (C=O) groups is 1. The fourth-order valence-corrected chi connectivity index (χ4v) is 1.59. The summed E-state index contributed by atoms with van der Waals surface area (Å²) >= 11 is 5.76. The van der Waals surface area contributed by atoms with E-state index in [4.69, 9.17) is 22.1 Å². The van der Waals surface area contributed by atoms with E-state index in [9.17, 15) is 4.79 Å². The van der Waals surface area contributed by atoms with Gasteiger partial charge in [0.1, 0.15) is 5.15 Å². The average molecular weight is 270 g/mol. The van der Waals surface area contributed by atoms with Crippen molar-refractivity contribution in [2.45, 2.75) is 0 Å². The molecule has 0 saturated heterocycles. The summed E-state index contributed by atoms with van der Waals surface area (Å²) in [6.07, 6.45) is 3.02. The third-order valence-corrected chi connectivity index (χ3v) is 2.54. The maximum atomic E-state index is 12.3. The van der Waals surface area contributed by atoms with E-state index in [1.54, 1.807) is 18.1 Å². The number of nitrogens with two attached hydrogens (primary N) is 1. The molecule has 0 fully saturated rings. The first-order valence-electron chi connectivity index (χ1n) is 5.40. The van der Waals surface area contributed by atoms with Crippen molar-refractivity contribution in [3.8, 4) is 0 Å². The summed E-state index contributed by atoms with van der Waals surface area (Å²) in [5, 5.41) is 0.234. The Labute approximate surface area is 111 Å². The lowest BCUT2D eigenvalue weighted by atomic mass is 10.2. The van der Waals surface area contributed by atoms with Crippen molar-refractivity contribution >= 4 is 23.2 Å². The molecule has 18 heavy (non-hydrogen) atoms. The molecule has 1 rings (SSSR count). The van der Waals surface area contributed by atoms with Crippen LogP contribution in [0.25, 0.3) is 0 Å². The number of aromatic nitrogens is 1. The molecule has 0 aliphatic heterocycles. The summed E-state index contributed by atoms with van der Waals surface area (Å²) in [5.41, 5.74) is 6.37. The predicted molar refractivity (Wildman–Crippen MR) is 71.6 cm³/mol. The highest BCUT2D eigenvalue weighted by Gasteiger charge is 2.17. The van der Waals surface area contributed by atoms with Gasteiger partial charge in [0.2, 0.25) is 0 Å². The van der Waals surface area contributed by atoms with Gasteiger partial charge < -0.3 is 15.4 Å². The summed E-state index contributed by atoms with van der Waals surface area (Å²) < 4.78 is 4.96. The van der Waals surface area contributed by atoms with Crippen LogP contribution in [0.2, 0.25) is 5.15 Å². The second kappa shape index (κ2) is 6.98. The van der Waals surface area contributed by atoms with Crippen LogP contribution in [0.3, 0.4) is 0 Å². The molecule has 0 saturated carbocycles. The number of anilines is 1. The Kier molecular flexibility index (Phi) is 5.61. The largest absolute Gasteiger partial charge is 0.397 e. The Morgan fingerprint density at radius 1 is 1.72 bits per heavy atom. The minimum atomic E-state index is -0.214. The normalized spacial score (nSPS) is 10.1. The lowest BCUT2D eigenvalue weighted by Gasteiger charge is -2.21. The first kappa shape index (κ1) is 14.5. The van der Waals surface area contributed by atoms with Crippen molar-refractivity contribution in [3.63, 3.8) is 0 Å². The Balaban J connectivity index is 2.93. The third-order valence-electron chi connectivity index (χ3n) is 2.33. The zero-order valence-electron chi connectivity index (χ0n) is 10.2. The molecule has 0 aliphatic rings. The molecule has 6 heteroatoms. The Bertz CT molecular complexity index is 437. The molecule has 98 valence electrons. The van der Waals surface area contributed by atoms with E-state index in [2.05, 4.69) is 11.6 Å². The zero-order valence-corrected chi connectivity index (χ0v) is 11.0. The highest BCUT2D eigenvalue weighted by molar-refractivity contribution is 6.29. The topological polar surface area (TPSA) is 68.5 Å². The van der Waals surface area contributed by atoms with Gasteiger partial charge in [-0.1, -0.05) is 17.7 Å². The second-order valence-corrected chi connectivity index (χ2v) is 4.01. The highest BCUT2D eigenvalue weighted by atomic mass is 35.5. The zero-order chi connectivity index (χ0) is 13.5. The molecule has 0 aliphatic carbocycles. The number of ether oxygens (including phenoxy) is 1. The van der Waals surface area contributed by atoms with E-state index in [1.807, 2.05) is 0 Å². The van der Waals surface area contributed by atoms with Crippen LogP contribution in [-0.2, 0) is 4.74 Å². The molecular formula is C12H16ClN3O2. The van der Waals surface area contributed by atoms with E-state index >= 15 is 0 Å². The first-order chi connectivity index (χ1) is 8.60. The Morgan fingerprint density at radius 3 is 3.06 bits per heavy atom. The van der Waals surface area contributed by atoms with Gasteiger partial charge in [0.15, 0.2) is 0 Å². The molecule has 0 aromatic carbocycles. The molecule has 1 amide bonds. The van der Waals surface area contributed by atoms with E-state index in [-0.39, 0.29) is 11.1 Å². The fraction of sp³-hybridized carbons (Fsp3) is 0.333. The number of nitrogen functional groups attached to an aromatic ring is 1. The van der Waals surface area contributed by atoms with E-state index < -0.39 is 0 Å². The van der Waals surface area contributed by atoms with Crippen LogP contribution >= 0.6 is 11.6 Å². The molecule has 1 aromatic rings. The number of methoxy groups -OCH3 is 1. The molecule has 1 heterocycles. The summed E-state index contributed by atoms with van der Waals surface area (Å²) in [6.45, 7) is 4.94. The molecule has 5 nitrogen and oxygen atoms in total. The van der Waals surface area contributed by atoms with Gasteiger partial charge in [0, 0.05) is 20.2 Å². The fourth-order valence-electron chi connectivity index (χ4n) is 1.43. The van der Waals surface area contributed by atoms with Crippen LogP contribution in [0, 0.1) is 0 Å². The lowest BCUT2D eigenvalue weighted by Crippen LogP contribution is -2.34. The van der Waals surface area contributed by atoms with Crippen molar-refractivity contribution in [1.29, 1.82) is 0 Å². The van der Waals surface area contributed by atoms with Gasteiger partial charge in [-0.25, -0.2) is 4.98 Å². The minimum absolute atomic E-state index is 0.214. The molecule has 1 aromatic heterocycles. The van der Waals surface area contributed by atoms with Crippen molar-refractivity contribution in [1.82, 2.24) is 9.88 Å². The van der Waals surface area contributed by atoms with Crippen molar-refractivity contribution in [3.05, 3.63) is 35.6 Å². The van der Waals surface area contributed by atoms with E-state index in [0.29, 0.717) is 30.9 Å². The van der Waals surface area contributed by atoms with Gasteiger partial charge in [-0.3, -0.25) is 4.79 Å². The van der Waals surface area contributed by atoms with Crippen LogP contribution < -0.4 is 5.73 Å². The number of carbonyl (C=O) groups excluding carboxylic acids is 1. The maximum absolute atomic E-state index is 12.3. The second-order valence-electron chi connectivity index (χ2n) is 3.63. The Hall–Kier alpha value is -1.59. The van der Waals surface area contributed by atoms with Crippen LogP contribution in [0.1, 0.15) is 10.4 Å². The number of hydrogen-bond donors (Lipinski definition) is 1. The van der Waals surface area contributed by atoms with Crippen LogP contribution in [0.5, 0.6) is 0 Å². The highest BCUT2D eigenvalue weighted by Crippen LogP contribution is 2.17. The summed E-state index contributed by atoms with van der Waals surface area (Å²) in [7, 11) is 1.58. The van der Waals surface area contributed by atoms with Gasteiger partial charge in [0.05, 0.1) is 24.1 Å². The predicted octanol–water partition coefficient (Wildman–Crippen LogP) is 1.59. The molecule has 0 unspecified atom stereocenters. The number of halogens is 1. The SMILES string of the molecule is C=CCN(CCOC)C(=O)c1cc(Cl)ncc1N. The molecule has 2 N–H and O–H groups in total. The minimum Gasteiger partial charge on any atom is -0.397 e. The standard InChI is InChI=1S/C12H16ClN3O2/c1-3-4-16(5-6-18-2)12(17)9-7-11(13)15-8-10(9)14/h3,7-8H,1,4-6,14H2,2H3. The van der Waals surface area contributed by atoms with Crippen molar-refractivity contribution in [2.75, 3.05) is 32.5 Å². The molecule has 0 bridgehead atoms. The van der Waals surface area contributed by atoms with Crippen LogP contribution in [0.15, 0.2) is 24.9 Å². The lowest BCUT2D eigenvalue weighted by molar-refractivity contribution is 0.0719. The Morgan fingerprint density at radius 2 is 2.44 bits per heavy atom. The van der Waals surface area contributed by atoms with Crippen molar-refractivity contribution in [2.24, 2.45) is 0 Å². The summed E-state index contributed by atoms with van der Waals surface area (Å²) in [4.78, 5) is 17.7. The number of rotatable bonds is 6. The van der Waals surface area contributed by atoms with Crippen molar-refractivity contribution < 1.29 is 9.53 Å². The third kappa shape index (κ3) is 3.72. The van der Waals surface area contributed by atoms with Gasteiger partial charge >= 0.3 is 0 Å². The summed E-state index contributed by atoms with van der Waals surface area (Å²) in [5.74, 6) is -0.214. The quantitative estimate of drug-likeness (QED) is 0.629. The number of amides is 1. The monoisotopic (exact) mass is 269 g/mol. The van der Waals surface area contributed by atoms with Gasteiger partial charge in [-0.05, 0) is 6.07 Å². The molecule has 0 spiro atoms. The average Bonchev–Trinajstić information content (AvgIpc) is 2.36. The molecule has 0 atom stereocenters. The van der Waals surface area contributed by atoms with Crippen LogP contribution in [0.4, 0.5) is 5.69 Å². The number of hydrogen-bond acceptors (Lipinski definition) is 4. The summed E-state index contributed by atoms with van der Waals surface area (Å²) in [6, 6.07) is 1.46. The van der Waals surface area contributed by atoms with Gasteiger partial charge in [-0.2, -0.15) is 0 Å². The smallest absolute Gasteiger partial charge is 0.256 e. The first-order valence-corrected chi connectivity index (χ1v) is 5.78.